The number of halogens is 1. The zero-order valence-electron chi connectivity index (χ0n) is 10.0. The monoisotopic (exact) mass is 241 g/mol. The van der Waals surface area contributed by atoms with Crippen molar-refractivity contribution in [2.75, 3.05) is 13.1 Å². The summed E-state index contributed by atoms with van der Waals surface area (Å²) >= 11 is 0. The zero-order chi connectivity index (χ0) is 12.7. The van der Waals surface area contributed by atoms with Crippen LogP contribution in [0.25, 0.3) is 0 Å². The van der Waals surface area contributed by atoms with Gasteiger partial charge in [0.2, 0.25) is 5.91 Å². The highest BCUT2D eigenvalue weighted by molar-refractivity contribution is 5.84. The van der Waals surface area contributed by atoms with Gasteiger partial charge in [0, 0.05) is 31.6 Å². The van der Waals surface area contributed by atoms with Crippen molar-refractivity contribution < 1.29 is 9.18 Å². The molecule has 0 aliphatic heterocycles. The maximum Gasteiger partial charge on any atom is 0.220 e. The van der Waals surface area contributed by atoms with Crippen molar-refractivity contribution >= 4 is 11.6 Å². The van der Waals surface area contributed by atoms with Crippen LogP contribution >= 0.6 is 0 Å². The van der Waals surface area contributed by atoms with Crippen LogP contribution < -0.4 is 11.1 Å². The van der Waals surface area contributed by atoms with Crippen LogP contribution in [0, 0.1) is 5.41 Å². The van der Waals surface area contributed by atoms with Crippen LogP contribution in [0.1, 0.15) is 38.5 Å². The highest BCUT2D eigenvalue weighted by Gasteiger charge is 2.16. The lowest BCUT2D eigenvalue weighted by Gasteiger charge is -2.15. The molecule has 96 valence electrons. The molecule has 0 fully saturated rings. The van der Waals surface area contributed by atoms with Crippen LogP contribution in [-0.4, -0.2) is 24.7 Å². The van der Waals surface area contributed by atoms with Crippen molar-refractivity contribution in [2.45, 2.75) is 38.5 Å². The molecule has 0 unspecified atom stereocenters. The molecule has 0 spiro atoms. The predicted molar refractivity (Wildman–Crippen MR) is 65.6 cm³/mol. The summed E-state index contributed by atoms with van der Waals surface area (Å²) < 4.78 is 13.4. The molecule has 0 radical (unpaired) electrons. The van der Waals surface area contributed by atoms with Gasteiger partial charge in [-0.25, -0.2) is 4.39 Å². The summed E-state index contributed by atoms with van der Waals surface area (Å²) in [4.78, 5) is 11.3. The molecule has 4 N–H and O–H groups in total. The number of rotatable bonds is 6. The van der Waals surface area contributed by atoms with Gasteiger partial charge in [0.15, 0.2) is 0 Å². The van der Waals surface area contributed by atoms with Crippen LogP contribution in [0.15, 0.2) is 11.4 Å². The molecule has 0 aromatic carbocycles. The molecule has 1 rings (SSSR count). The second-order valence-electron chi connectivity index (χ2n) is 4.28. The number of allylic oxidation sites excluding steroid dienone is 2. The van der Waals surface area contributed by atoms with Crippen molar-refractivity contribution in [3.8, 4) is 0 Å². The first-order valence-corrected chi connectivity index (χ1v) is 6.03. The molecule has 5 heteroatoms. The Balaban J connectivity index is 2.24. The van der Waals surface area contributed by atoms with E-state index in [4.69, 9.17) is 11.1 Å². The standard InChI is InChI=1S/C12H20FN3O/c13-11-8-10(15)5-4-9(11)2-1-3-12(17)16-7-6-14/h15H,1-8,14H2,(H,16,17). The van der Waals surface area contributed by atoms with Crippen molar-refractivity contribution in [1.82, 2.24) is 5.32 Å². The summed E-state index contributed by atoms with van der Waals surface area (Å²) in [5.74, 6) is -0.191. The fourth-order valence-corrected chi connectivity index (χ4v) is 1.86. The molecule has 1 amide bonds. The van der Waals surface area contributed by atoms with E-state index >= 15 is 0 Å². The number of hydrogen-bond acceptors (Lipinski definition) is 3. The maximum atomic E-state index is 13.4. The summed E-state index contributed by atoms with van der Waals surface area (Å²) in [6.45, 7) is 0.931. The summed E-state index contributed by atoms with van der Waals surface area (Å²) in [5.41, 5.74) is 6.51. The maximum absolute atomic E-state index is 13.4. The Labute approximate surface area is 101 Å². The van der Waals surface area contributed by atoms with Gasteiger partial charge in [0.25, 0.3) is 0 Å². The summed E-state index contributed by atoms with van der Waals surface area (Å²) in [7, 11) is 0. The molecular weight excluding hydrogens is 221 g/mol. The number of nitrogens with one attached hydrogen (secondary N) is 2. The molecule has 4 nitrogen and oxygen atoms in total. The molecule has 0 aromatic rings. The highest BCUT2D eigenvalue weighted by atomic mass is 19.1. The van der Waals surface area contributed by atoms with E-state index in [2.05, 4.69) is 5.32 Å². The Kier molecular flexibility index (Phi) is 5.83. The summed E-state index contributed by atoms with van der Waals surface area (Å²) in [5, 5.41) is 10.1. The van der Waals surface area contributed by atoms with Gasteiger partial charge in [-0.2, -0.15) is 0 Å². The molecule has 0 aromatic heterocycles. The van der Waals surface area contributed by atoms with Gasteiger partial charge in [-0.3, -0.25) is 4.79 Å². The number of nitrogens with two attached hydrogens (primary N) is 1. The third-order valence-electron chi connectivity index (χ3n) is 2.83. The van der Waals surface area contributed by atoms with E-state index in [1.54, 1.807) is 0 Å². The Bertz CT molecular complexity index is 326. The van der Waals surface area contributed by atoms with Gasteiger partial charge in [-0.05, 0) is 31.3 Å². The third-order valence-corrected chi connectivity index (χ3v) is 2.83. The molecular formula is C12H20FN3O. The van der Waals surface area contributed by atoms with Gasteiger partial charge in [-0.15, -0.1) is 0 Å². The summed E-state index contributed by atoms with van der Waals surface area (Å²) in [6.07, 6.45) is 3.14. The topological polar surface area (TPSA) is 79.0 Å². The average molecular weight is 241 g/mol. The normalized spacial score (nSPS) is 16.2. The van der Waals surface area contributed by atoms with E-state index in [1.807, 2.05) is 0 Å². The van der Waals surface area contributed by atoms with E-state index in [9.17, 15) is 9.18 Å². The Morgan fingerprint density at radius 1 is 1.47 bits per heavy atom. The minimum atomic E-state index is -0.163. The van der Waals surface area contributed by atoms with Gasteiger partial charge in [0.05, 0.1) is 0 Å². The van der Waals surface area contributed by atoms with Gasteiger partial charge in [-0.1, -0.05) is 0 Å². The Morgan fingerprint density at radius 3 is 2.88 bits per heavy atom. The lowest BCUT2D eigenvalue weighted by molar-refractivity contribution is -0.121. The van der Waals surface area contributed by atoms with Crippen LogP contribution in [0.5, 0.6) is 0 Å². The fraction of sp³-hybridized carbons (Fsp3) is 0.667. The Hall–Kier alpha value is -1.23. The molecule has 0 saturated heterocycles. The second kappa shape index (κ2) is 7.17. The molecule has 17 heavy (non-hydrogen) atoms. The van der Waals surface area contributed by atoms with Gasteiger partial charge in [0.1, 0.15) is 5.83 Å². The van der Waals surface area contributed by atoms with Crippen molar-refractivity contribution in [1.29, 1.82) is 5.41 Å². The number of carbonyl (C=O) groups excluding carboxylic acids is 1. The predicted octanol–water partition coefficient (Wildman–Crippen LogP) is 1.66. The molecule has 0 heterocycles. The second-order valence-corrected chi connectivity index (χ2v) is 4.28. The smallest absolute Gasteiger partial charge is 0.220 e. The first kappa shape index (κ1) is 13.8. The van der Waals surface area contributed by atoms with Crippen LogP contribution in [0.3, 0.4) is 0 Å². The van der Waals surface area contributed by atoms with Gasteiger partial charge < -0.3 is 16.5 Å². The van der Waals surface area contributed by atoms with Crippen molar-refractivity contribution in [3.63, 3.8) is 0 Å². The SMILES string of the molecule is N=C1CCC(CCCC(=O)NCCN)=C(F)C1. The van der Waals surface area contributed by atoms with E-state index < -0.39 is 0 Å². The van der Waals surface area contributed by atoms with Crippen molar-refractivity contribution in [2.24, 2.45) is 5.73 Å². The largest absolute Gasteiger partial charge is 0.355 e. The Morgan fingerprint density at radius 2 is 2.24 bits per heavy atom. The minimum Gasteiger partial charge on any atom is -0.355 e. The summed E-state index contributed by atoms with van der Waals surface area (Å²) in [6, 6.07) is 0. The lowest BCUT2D eigenvalue weighted by atomic mass is 9.93. The van der Waals surface area contributed by atoms with Crippen LogP contribution in [-0.2, 0) is 4.79 Å². The van der Waals surface area contributed by atoms with Gasteiger partial charge >= 0.3 is 0 Å². The van der Waals surface area contributed by atoms with E-state index in [0.29, 0.717) is 50.9 Å². The first-order valence-electron chi connectivity index (χ1n) is 6.03. The minimum absolute atomic E-state index is 0.0278. The highest BCUT2D eigenvalue weighted by Crippen LogP contribution is 2.27. The number of hydrogen-bond donors (Lipinski definition) is 3. The number of amides is 1. The first-order chi connectivity index (χ1) is 8.13. The fourth-order valence-electron chi connectivity index (χ4n) is 1.86. The molecule has 0 saturated carbocycles. The number of carbonyl (C=O) groups is 1. The third kappa shape index (κ3) is 5.08. The van der Waals surface area contributed by atoms with Crippen molar-refractivity contribution in [3.05, 3.63) is 11.4 Å². The lowest BCUT2D eigenvalue weighted by Crippen LogP contribution is -2.28. The van der Waals surface area contributed by atoms with E-state index in [1.165, 1.54) is 0 Å². The average Bonchev–Trinajstić information content (AvgIpc) is 2.29. The van der Waals surface area contributed by atoms with E-state index in [-0.39, 0.29) is 18.2 Å². The molecule has 1 aliphatic carbocycles. The quantitative estimate of drug-likeness (QED) is 0.661. The van der Waals surface area contributed by atoms with E-state index in [0.717, 1.165) is 5.57 Å². The van der Waals surface area contributed by atoms with Crippen LogP contribution in [0.2, 0.25) is 0 Å². The molecule has 0 atom stereocenters. The van der Waals surface area contributed by atoms with Crippen LogP contribution in [0.4, 0.5) is 4.39 Å². The molecule has 0 bridgehead atoms. The zero-order valence-corrected chi connectivity index (χ0v) is 10.0. The molecule has 1 aliphatic rings.